The summed E-state index contributed by atoms with van der Waals surface area (Å²) in [4.78, 5) is 39.7. The van der Waals surface area contributed by atoms with Gasteiger partial charge in [-0.3, -0.25) is 14.9 Å². The van der Waals surface area contributed by atoms with Gasteiger partial charge in [-0.25, -0.2) is 4.98 Å². The third-order valence-corrected chi connectivity index (χ3v) is 7.46. The average molecular weight is 558 g/mol. The third kappa shape index (κ3) is 6.43. The van der Waals surface area contributed by atoms with E-state index in [0.717, 1.165) is 31.3 Å². The highest BCUT2D eigenvalue weighted by atomic mass is 16.6. The first-order valence-corrected chi connectivity index (χ1v) is 13.8. The zero-order valence-electron chi connectivity index (χ0n) is 23.7. The van der Waals surface area contributed by atoms with Crippen molar-refractivity contribution < 1.29 is 9.72 Å². The van der Waals surface area contributed by atoms with Crippen molar-refractivity contribution in [2.75, 3.05) is 30.0 Å². The Kier molecular flexibility index (Phi) is 8.11. The first-order chi connectivity index (χ1) is 19.7. The summed E-state index contributed by atoms with van der Waals surface area (Å²) in [5, 5.41) is 20.7. The lowest BCUT2D eigenvalue weighted by Crippen LogP contribution is -2.36. The summed E-state index contributed by atoms with van der Waals surface area (Å²) in [7, 11) is 4.27. The summed E-state index contributed by atoms with van der Waals surface area (Å²) in [5.41, 5.74) is 2.92. The van der Waals surface area contributed by atoms with Gasteiger partial charge < -0.3 is 25.4 Å². The van der Waals surface area contributed by atoms with Gasteiger partial charge in [-0.05, 0) is 84.0 Å². The Hall–Kier alpha value is -4.58. The fraction of sp³-hybridized carbons (Fsp3) is 0.379. The largest absolute Gasteiger partial charge is 0.351 e. The molecule has 2 heterocycles. The van der Waals surface area contributed by atoms with Crippen LogP contribution in [0.4, 0.5) is 28.8 Å². The number of nitrogens with one attached hydrogen (secondary N) is 3. The van der Waals surface area contributed by atoms with Crippen LogP contribution in [0.5, 0.6) is 0 Å². The average Bonchev–Trinajstić information content (AvgIpc) is 3.38. The van der Waals surface area contributed by atoms with Crippen LogP contribution < -0.4 is 16.0 Å². The second-order valence-corrected chi connectivity index (χ2v) is 10.9. The molecule has 2 aromatic heterocycles. The fourth-order valence-electron chi connectivity index (χ4n) is 5.11. The van der Waals surface area contributed by atoms with Gasteiger partial charge in [-0.1, -0.05) is 6.07 Å². The van der Waals surface area contributed by atoms with Gasteiger partial charge >= 0.3 is 0 Å². The van der Waals surface area contributed by atoms with Crippen LogP contribution in [-0.4, -0.2) is 61.4 Å². The molecule has 0 radical (unpaired) electrons. The number of imidazole rings is 1. The molecule has 1 amide bonds. The van der Waals surface area contributed by atoms with Gasteiger partial charge in [0.05, 0.1) is 11.3 Å². The molecule has 5 rings (SSSR count). The zero-order chi connectivity index (χ0) is 29.1. The number of amides is 1. The molecular weight excluding hydrogens is 522 g/mol. The predicted octanol–water partition coefficient (Wildman–Crippen LogP) is 5.60. The summed E-state index contributed by atoms with van der Waals surface area (Å²) < 4.78 is 2.02. The van der Waals surface area contributed by atoms with Crippen molar-refractivity contribution in [2.45, 2.75) is 57.7 Å². The fourth-order valence-corrected chi connectivity index (χ4v) is 5.11. The topological polar surface area (TPSA) is 143 Å². The van der Waals surface area contributed by atoms with E-state index in [-0.39, 0.29) is 17.6 Å². The molecule has 4 aromatic rings. The third-order valence-electron chi connectivity index (χ3n) is 7.46. The van der Waals surface area contributed by atoms with E-state index < -0.39 is 4.92 Å². The minimum absolute atomic E-state index is 0.0704. The molecule has 12 nitrogen and oxygen atoms in total. The van der Waals surface area contributed by atoms with Gasteiger partial charge in [-0.15, -0.1) is 0 Å². The molecular formula is C29H35N9O3. The first-order valence-electron chi connectivity index (χ1n) is 13.8. The molecule has 3 N–H and O–H groups in total. The van der Waals surface area contributed by atoms with Gasteiger partial charge in [0, 0.05) is 47.2 Å². The maximum Gasteiger partial charge on any atom is 0.269 e. The first kappa shape index (κ1) is 28.0. The standard InChI is InChI=1S/C29H35N9O3/c1-18(2)37-17-30-25-26(34-29(35-27(25)37)33-20-10-14-23(15-11-20)36(3)4)31-21-6-5-7-22(16-21)32-28(39)19-8-12-24(13-9-19)38(40)41/h5-9,12-13,16-18,20,23H,10-11,14-15H2,1-4H3,(H,32,39)(H2,31,33,34,35). The molecule has 1 saturated carbocycles. The van der Waals surface area contributed by atoms with Crippen molar-refractivity contribution in [2.24, 2.45) is 0 Å². The molecule has 41 heavy (non-hydrogen) atoms. The van der Waals surface area contributed by atoms with E-state index in [2.05, 4.69) is 53.8 Å². The smallest absolute Gasteiger partial charge is 0.269 e. The number of fused-ring (bicyclic) bond motifs is 1. The van der Waals surface area contributed by atoms with E-state index in [1.807, 2.05) is 16.7 Å². The predicted molar refractivity (Wildman–Crippen MR) is 160 cm³/mol. The lowest BCUT2D eigenvalue weighted by Gasteiger charge is -2.33. The highest BCUT2D eigenvalue weighted by Crippen LogP contribution is 2.29. The molecule has 0 saturated heterocycles. The summed E-state index contributed by atoms with van der Waals surface area (Å²) in [6, 6.07) is 13.8. The Morgan fingerprint density at radius 1 is 1.05 bits per heavy atom. The maximum atomic E-state index is 12.8. The summed E-state index contributed by atoms with van der Waals surface area (Å²) in [6.45, 7) is 4.17. The van der Waals surface area contributed by atoms with Crippen molar-refractivity contribution in [3.8, 4) is 0 Å². The Balaban J connectivity index is 1.36. The van der Waals surface area contributed by atoms with Crippen LogP contribution in [-0.2, 0) is 0 Å². The van der Waals surface area contributed by atoms with Crippen LogP contribution >= 0.6 is 0 Å². The number of aromatic nitrogens is 4. The lowest BCUT2D eigenvalue weighted by molar-refractivity contribution is -0.384. The molecule has 0 spiro atoms. The number of hydrogen-bond acceptors (Lipinski definition) is 9. The van der Waals surface area contributed by atoms with E-state index >= 15 is 0 Å². The molecule has 0 unspecified atom stereocenters. The molecule has 12 heteroatoms. The molecule has 1 aliphatic rings. The van der Waals surface area contributed by atoms with Crippen molar-refractivity contribution >= 4 is 45.9 Å². The van der Waals surface area contributed by atoms with Gasteiger partial charge in [0.25, 0.3) is 11.6 Å². The molecule has 2 aromatic carbocycles. The monoisotopic (exact) mass is 557 g/mol. The van der Waals surface area contributed by atoms with Crippen LogP contribution in [0.25, 0.3) is 11.2 Å². The molecule has 1 aliphatic carbocycles. The van der Waals surface area contributed by atoms with Crippen LogP contribution in [0.1, 0.15) is 55.9 Å². The Morgan fingerprint density at radius 2 is 1.76 bits per heavy atom. The summed E-state index contributed by atoms with van der Waals surface area (Å²) in [6.07, 6.45) is 6.13. The number of rotatable bonds is 9. The number of benzene rings is 2. The second kappa shape index (κ2) is 11.9. The summed E-state index contributed by atoms with van der Waals surface area (Å²) >= 11 is 0. The van der Waals surface area contributed by atoms with Crippen molar-refractivity contribution in [3.63, 3.8) is 0 Å². The number of hydrogen-bond donors (Lipinski definition) is 3. The molecule has 0 bridgehead atoms. The molecule has 1 fully saturated rings. The minimum atomic E-state index is -0.498. The molecule has 214 valence electrons. The SMILES string of the molecule is CC(C)n1cnc2c(Nc3cccc(NC(=O)c4ccc([N+](=O)[O-])cc4)c3)nc(NC3CCC(N(C)C)CC3)nc21. The minimum Gasteiger partial charge on any atom is -0.351 e. The van der Waals surface area contributed by atoms with Crippen LogP contribution in [0.2, 0.25) is 0 Å². The van der Waals surface area contributed by atoms with E-state index in [9.17, 15) is 14.9 Å². The quantitative estimate of drug-likeness (QED) is 0.177. The van der Waals surface area contributed by atoms with Crippen LogP contribution in [0.15, 0.2) is 54.9 Å². The van der Waals surface area contributed by atoms with Crippen LogP contribution in [0.3, 0.4) is 0 Å². The zero-order valence-corrected chi connectivity index (χ0v) is 23.7. The van der Waals surface area contributed by atoms with Crippen molar-refractivity contribution in [1.82, 2.24) is 24.4 Å². The van der Waals surface area contributed by atoms with Crippen molar-refractivity contribution in [3.05, 3.63) is 70.5 Å². The van der Waals surface area contributed by atoms with Crippen LogP contribution in [0, 0.1) is 10.1 Å². The van der Waals surface area contributed by atoms with Gasteiger partial charge in [0.2, 0.25) is 5.95 Å². The van der Waals surface area contributed by atoms with E-state index in [1.54, 1.807) is 18.5 Å². The number of nitro groups is 1. The lowest BCUT2D eigenvalue weighted by atomic mass is 9.91. The Bertz CT molecular complexity index is 1540. The van der Waals surface area contributed by atoms with E-state index in [0.29, 0.717) is 46.3 Å². The van der Waals surface area contributed by atoms with Crippen molar-refractivity contribution in [1.29, 1.82) is 0 Å². The molecule has 0 atom stereocenters. The number of anilines is 4. The van der Waals surface area contributed by atoms with E-state index in [1.165, 1.54) is 24.3 Å². The number of nitrogens with zero attached hydrogens (tertiary/aromatic N) is 6. The number of carbonyl (C=O) groups is 1. The Morgan fingerprint density at radius 3 is 2.41 bits per heavy atom. The number of non-ortho nitro benzene ring substituents is 1. The normalized spacial score (nSPS) is 17.1. The highest BCUT2D eigenvalue weighted by Gasteiger charge is 2.24. The van der Waals surface area contributed by atoms with E-state index in [4.69, 9.17) is 9.97 Å². The van der Waals surface area contributed by atoms with Gasteiger partial charge in [0.15, 0.2) is 17.0 Å². The maximum absolute atomic E-state index is 12.8. The van der Waals surface area contributed by atoms with Gasteiger partial charge in [-0.2, -0.15) is 9.97 Å². The Labute approximate surface area is 238 Å². The molecule has 0 aliphatic heterocycles. The number of nitro benzene ring substituents is 1. The summed E-state index contributed by atoms with van der Waals surface area (Å²) in [5.74, 6) is 0.753. The number of carbonyl (C=O) groups excluding carboxylic acids is 1. The highest BCUT2D eigenvalue weighted by molar-refractivity contribution is 6.04. The van der Waals surface area contributed by atoms with Gasteiger partial charge in [0.1, 0.15) is 0 Å². The second-order valence-electron chi connectivity index (χ2n) is 10.9.